The Morgan fingerprint density at radius 2 is 2.09 bits per heavy atom. The summed E-state index contributed by atoms with van der Waals surface area (Å²) in [6.07, 6.45) is 2.35. The van der Waals surface area contributed by atoms with Crippen molar-refractivity contribution in [2.45, 2.75) is 39.7 Å². The maximum atomic E-state index is 10.7. The van der Waals surface area contributed by atoms with Gasteiger partial charge in [-0.3, -0.25) is 9.69 Å². The highest BCUT2D eigenvalue weighted by Gasteiger charge is 2.08. The molecule has 0 heterocycles. The Labute approximate surface area is 69.6 Å². The van der Waals surface area contributed by atoms with E-state index in [9.17, 15) is 4.79 Å². The lowest BCUT2D eigenvalue weighted by molar-refractivity contribution is -0.118. The first-order valence-corrected chi connectivity index (χ1v) is 4.27. The number of carbonyl (C=O) groups excluding carboxylic acids is 1. The average molecular weight is 157 g/mol. The molecule has 0 rings (SSSR count). The summed E-state index contributed by atoms with van der Waals surface area (Å²) in [4.78, 5) is 12.8. The van der Waals surface area contributed by atoms with E-state index in [1.165, 1.54) is 12.8 Å². The molecular weight excluding hydrogens is 138 g/mol. The van der Waals surface area contributed by atoms with Crippen LogP contribution in [0.4, 0.5) is 0 Å². The molecule has 11 heavy (non-hydrogen) atoms. The quantitative estimate of drug-likeness (QED) is 0.605. The lowest BCUT2D eigenvalue weighted by Gasteiger charge is -2.22. The fraction of sp³-hybridized carbons (Fsp3) is 0.889. The van der Waals surface area contributed by atoms with Crippen molar-refractivity contribution < 1.29 is 4.79 Å². The van der Waals surface area contributed by atoms with Crippen LogP contribution in [0.25, 0.3) is 0 Å². The van der Waals surface area contributed by atoms with Crippen molar-refractivity contribution in [3.8, 4) is 0 Å². The van der Waals surface area contributed by atoms with Crippen molar-refractivity contribution in [1.82, 2.24) is 4.90 Å². The van der Waals surface area contributed by atoms with Crippen molar-refractivity contribution in [2.24, 2.45) is 0 Å². The summed E-state index contributed by atoms with van der Waals surface area (Å²) in [7, 11) is 2.00. The van der Waals surface area contributed by atoms with Gasteiger partial charge in [-0.25, -0.2) is 0 Å². The molecule has 0 aromatic carbocycles. The summed E-state index contributed by atoms with van der Waals surface area (Å²) < 4.78 is 0. The molecule has 0 aliphatic rings. The number of carbonyl (C=O) groups is 1. The van der Waals surface area contributed by atoms with Crippen molar-refractivity contribution in [2.75, 3.05) is 13.6 Å². The van der Waals surface area contributed by atoms with Gasteiger partial charge in [-0.15, -0.1) is 0 Å². The minimum Gasteiger partial charge on any atom is -0.299 e. The van der Waals surface area contributed by atoms with E-state index < -0.39 is 0 Å². The first kappa shape index (κ1) is 10.6. The van der Waals surface area contributed by atoms with Gasteiger partial charge in [0.1, 0.15) is 5.78 Å². The Hall–Kier alpha value is -0.370. The molecule has 0 spiro atoms. The van der Waals surface area contributed by atoms with Crippen LogP contribution in [0.1, 0.15) is 33.6 Å². The second kappa shape index (κ2) is 5.30. The topological polar surface area (TPSA) is 20.3 Å². The van der Waals surface area contributed by atoms with Gasteiger partial charge in [0.05, 0.1) is 6.54 Å². The van der Waals surface area contributed by atoms with Gasteiger partial charge in [0.25, 0.3) is 0 Å². The molecule has 0 saturated carbocycles. The number of rotatable bonds is 5. The first-order chi connectivity index (χ1) is 5.07. The molecule has 0 fully saturated rings. The van der Waals surface area contributed by atoms with Crippen LogP contribution < -0.4 is 0 Å². The maximum absolute atomic E-state index is 10.7. The molecule has 2 nitrogen and oxygen atoms in total. The highest BCUT2D eigenvalue weighted by Crippen LogP contribution is 2.02. The molecule has 0 bridgehead atoms. The third kappa shape index (κ3) is 4.96. The SMILES string of the molecule is CCCC(C)N(C)CC(C)=O. The second-order valence-electron chi connectivity index (χ2n) is 3.25. The van der Waals surface area contributed by atoms with Crippen LogP contribution in [0, 0.1) is 0 Å². The summed E-state index contributed by atoms with van der Waals surface area (Å²) in [5, 5.41) is 0. The van der Waals surface area contributed by atoms with E-state index >= 15 is 0 Å². The summed E-state index contributed by atoms with van der Waals surface area (Å²) in [5.74, 6) is 0.246. The van der Waals surface area contributed by atoms with Crippen molar-refractivity contribution >= 4 is 5.78 Å². The van der Waals surface area contributed by atoms with Crippen LogP contribution in [-0.2, 0) is 4.79 Å². The van der Waals surface area contributed by atoms with Crippen LogP contribution >= 0.6 is 0 Å². The van der Waals surface area contributed by atoms with E-state index in [0.717, 1.165) is 0 Å². The molecule has 0 aromatic rings. The van der Waals surface area contributed by atoms with Crippen molar-refractivity contribution in [3.05, 3.63) is 0 Å². The third-order valence-electron chi connectivity index (χ3n) is 1.93. The molecule has 0 aliphatic heterocycles. The van der Waals surface area contributed by atoms with Crippen LogP contribution in [0.3, 0.4) is 0 Å². The molecular formula is C9H19NO. The second-order valence-corrected chi connectivity index (χ2v) is 3.25. The van der Waals surface area contributed by atoms with E-state index in [1.807, 2.05) is 7.05 Å². The molecule has 2 heteroatoms. The van der Waals surface area contributed by atoms with Gasteiger partial charge in [0.15, 0.2) is 0 Å². The molecule has 66 valence electrons. The zero-order valence-electron chi connectivity index (χ0n) is 8.05. The van der Waals surface area contributed by atoms with E-state index in [2.05, 4.69) is 18.7 Å². The molecule has 0 radical (unpaired) electrons. The molecule has 1 atom stereocenters. The van der Waals surface area contributed by atoms with Gasteiger partial charge in [-0.05, 0) is 27.3 Å². The predicted octanol–water partition coefficient (Wildman–Crippen LogP) is 1.70. The van der Waals surface area contributed by atoms with Gasteiger partial charge >= 0.3 is 0 Å². The van der Waals surface area contributed by atoms with Gasteiger partial charge < -0.3 is 0 Å². The van der Waals surface area contributed by atoms with Crippen molar-refractivity contribution in [1.29, 1.82) is 0 Å². The Balaban J connectivity index is 3.63. The lowest BCUT2D eigenvalue weighted by Crippen LogP contribution is -2.32. The Morgan fingerprint density at radius 3 is 2.45 bits per heavy atom. The van der Waals surface area contributed by atoms with E-state index in [4.69, 9.17) is 0 Å². The number of Topliss-reactive ketones (excluding diaryl/α,β-unsaturated/α-hetero) is 1. The minimum absolute atomic E-state index is 0.246. The zero-order valence-corrected chi connectivity index (χ0v) is 8.05. The number of likely N-dealkylation sites (N-methyl/N-ethyl adjacent to an activating group) is 1. The van der Waals surface area contributed by atoms with Gasteiger partial charge in [0, 0.05) is 6.04 Å². The highest BCUT2D eigenvalue weighted by molar-refractivity contribution is 5.77. The average Bonchev–Trinajstić information content (AvgIpc) is 1.86. The van der Waals surface area contributed by atoms with E-state index in [1.54, 1.807) is 6.92 Å². The predicted molar refractivity (Wildman–Crippen MR) is 47.7 cm³/mol. The number of nitrogens with zero attached hydrogens (tertiary/aromatic N) is 1. The minimum atomic E-state index is 0.246. The van der Waals surface area contributed by atoms with Crippen LogP contribution in [0.5, 0.6) is 0 Å². The van der Waals surface area contributed by atoms with Gasteiger partial charge in [0.2, 0.25) is 0 Å². The monoisotopic (exact) mass is 157 g/mol. The smallest absolute Gasteiger partial charge is 0.143 e. The maximum Gasteiger partial charge on any atom is 0.143 e. The zero-order chi connectivity index (χ0) is 8.85. The van der Waals surface area contributed by atoms with E-state index in [-0.39, 0.29) is 5.78 Å². The Bertz CT molecular complexity index is 123. The van der Waals surface area contributed by atoms with E-state index in [0.29, 0.717) is 12.6 Å². The van der Waals surface area contributed by atoms with Gasteiger partial charge in [-0.2, -0.15) is 0 Å². The summed E-state index contributed by atoms with van der Waals surface area (Å²) in [5.41, 5.74) is 0. The van der Waals surface area contributed by atoms with Crippen LogP contribution in [0.15, 0.2) is 0 Å². The Morgan fingerprint density at radius 1 is 1.55 bits per heavy atom. The number of hydrogen-bond acceptors (Lipinski definition) is 2. The number of ketones is 1. The molecule has 0 amide bonds. The summed E-state index contributed by atoms with van der Waals surface area (Å²) in [6, 6.07) is 0.531. The normalized spacial score (nSPS) is 13.5. The lowest BCUT2D eigenvalue weighted by atomic mass is 10.2. The fourth-order valence-corrected chi connectivity index (χ4v) is 1.15. The third-order valence-corrected chi connectivity index (χ3v) is 1.93. The van der Waals surface area contributed by atoms with Crippen LogP contribution in [0.2, 0.25) is 0 Å². The molecule has 0 aromatic heterocycles. The number of hydrogen-bond donors (Lipinski definition) is 0. The van der Waals surface area contributed by atoms with Gasteiger partial charge in [-0.1, -0.05) is 13.3 Å². The largest absolute Gasteiger partial charge is 0.299 e. The van der Waals surface area contributed by atoms with Crippen molar-refractivity contribution in [3.63, 3.8) is 0 Å². The molecule has 0 aliphatic carbocycles. The summed E-state index contributed by atoms with van der Waals surface area (Å²) in [6.45, 7) is 6.54. The Kier molecular flexibility index (Phi) is 5.12. The fourth-order valence-electron chi connectivity index (χ4n) is 1.15. The standard InChI is InChI=1S/C9H19NO/c1-5-6-8(2)10(4)7-9(3)11/h8H,5-7H2,1-4H3. The van der Waals surface area contributed by atoms with Crippen LogP contribution in [-0.4, -0.2) is 30.3 Å². The highest BCUT2D eigenvalue weighted by atomic mass is 16.1. The first-order valence-electron chi connectivity index (χ1n) is 4.27. The molecule has 0 saturated heterocycles. The molecule has 0 N–H and O–H groups in total. The summed E-state index contributed by atoms with van der Waals surface area (Å²) >= 11 is 0. The molecule has 1 unspecified atom stereocenters.